The van der Waals surface area contributed by atoms with Crippen molar-refractivity contribution in [2.45, 2.75) is 19.4 Å². The Kier molecular flexibility index (Phi) is 3.48. The van der Waals surface area contributed by atoms with Gasteiger partial charge >= 0.3 is 0 Å². The highest BCUT2D eigenvalue weighted by molar-refractivity contribution is 5.96. The van der Waals surface area contributed by atoms with Crippen LogP contribution in [0.2, 0.25) is 0 Å². The minimum Gasteiger partial charge on any atom is -0.503 e. The largest absolute Gasteiger partial charge is 0.503 e. The zero-order valence-corrected chi connectivity index (χ0v) is 11.2. The van der Waals surface area contributed by atoms with Crippen LogP contribution in [0.25, 0.3) is 0 Å². The van der Waals surface area contributed by atoms with Gasteiger partial charge in [-0.3, -0.25) is 4.79 Å². The monoisotopic (exact) mass is 287 g/mol. The molecule has 3 rings (SSSR count). The molecule has 0 radical (unpaired) electrons. The Morgan fingerprint density at radius 2 is 2.00 bits per heavy atom. The summed E-state index contributed by atoms with van der Waals surface area (Å²) in [5.41, 5.74) is 1.71. The first kappa shape index (κ1) is 13.4. The first-order chi connectivity index (χ1) is 10.1. The van der Waals surface area contributed by atoms with Crippen LogP contribution in [-0.2, 0) is 17.8 Å². The maximum absolute atomic E-state index is 13.7. The number of fused-ring (bicyclic) bond motifs is 1. The molecule has 2 N–H and O–H groups in total. The van der Waals surface area contributed by atoms with Gasteiger partial charge in [-0.25, -0.2) is 4.39 Å². The lowest BCUT2D eigenvalue weighted by atomic mass is 10.0. The lowest BCUT2D eigenvalue weighted by Crippen LogP contribution is -2.20. The molecule has 0 aliphatic carbocycles. The summed E-state index contributed by atoms with van der Waals surface area (Å²) >= 11 is 0. The average molecular weight is 287 g/mol. The van der Waals surface area contributed by atoms with E-state index in [0.29, 0.717) is 30.8 Å². The molecule has 21 heavy (non-hydrogen) atoms. The molecule has 2 aromatic carbocycles. The van der Waals surface area contributed by atoms with Gasteiger partial charge in [0, 0.05) is 18.1 Å². The van der Waals surface area contributed by atoms with Gasteiger partial charge in [0.2, 0.25) is 5.91 Å². The third-order valence-corrected chi connectivity index (χ3v) is 3.42. The molecule has 0 fully saturated rings. The van der Waals surface area contributed by atoms with Gasteiger partial charge in [-0.2, -0.15) is 0 Å². The number of aromatic hydroxyl groups is 1. The molecule has 1 amide bonds. The third kappa shape index (κ3) is 2.67. The molecule has 1 heterocycles. The van der Waals surface area contributed by atoms with Crippen LogP contribution in [0.5, 0.6) is 11.5 Å². The number of phenolic OH excluding ortho intramolecular Hbond substituents is 1. The zero-order valence-electron chi connectivity index (χ0n) is 11.2. The van der Waals surface area contributed by atoms with Crippen LogP contribution in [0.4, 0.5) is 10.1 Å². The molecule has 0 saturated carbocycles. The Balaban J connectivity index is 1.90. The van der Waals surface area contributed by atoms with Crippen LogP contribution < -0.4 is 10.1 Å². The van der Waals surface area contributed by atoms with Gasteiger partial charge in [-0.05, 0) is 12.0 Å². The summed E-state index contributed by atoms with van der Waals surface area (Å²) in [6.07, 6.45) is 0.707. The number of benzene rings is 2. The quantitative estimate of drug-likeness (QED) is 0.853. The minimum atomic E-state index is -0.806. The van der Waals surface area contributed by atoms with Gasteiger partial charge in [0.05, 0.1) is 5.69 Å². The van der Waals surface area contributed by atoms with Crippen LogP contribution in [-0.4, -0.2) is 11.0 Å². The van der Waals surface area contributed by atoms with E-state index in [0.717, 1.165) is 11.6 Å². The molecule has 0 unspecified atom stereocenters. The van der Waals surface area contributed by atoms with Crippen LogP contribution in [0.15, 0.2) is 36.4 Å². The number of rotatable bonds is 3. The predicted molar refractivity (Wildman–Crippen MR) is 75.8 cm³/mol. The fourth-order valence-corrected chi connectivity index (χ4v) is 2.34. The number of anilines is 1. The second kappa shape index (κ2) is 5.44. The summed E-state index contributed by atoms with van der Waals surface area (Å²) in [5, 5.41) is 12.2. The van der Waals surface area contributed by atoms with Crippen molar-refractivity contribution in [1.82, 2.24) is 0 Å². The van der Waals surface area contributed by atoms with Crippen molar-refractivity contribution in [3.05, 3.63) is 53.3 Å². The van der Waals surface area contributed by atoms with Crippen LogP contribution in [0.1, 0.15) is 17.5 Å². The second-order valence-corrected chi connectivity index (χ2v) is 4.88. The van der Waals surface area contributed by atoms with Gasteiger partial charge in [0.1, 0.15) is 12.4 Å². The van der Waals surface area contributed by atoms with Crippen molar-refractivity contribution in [1.29, 1.82) is 0 Å². The molecule has 0 aromatic heterocycles. The number of halogens is 1. The summed E-state index contributed by atoms with van der Waals surface area (Å²) in [6, 6.07) is 10.7. The lowest BCUT2D eigenvalue weighted by molar-refractivity contribution is -0.116. The predicted octanol–water partition coefficient (Wildman–Crippen LogP) is 3.00. The summed E-state index contributed by atoms with van der Waals surface area (Å²) in [7, 11) is 0. The van der Waals surface area contributed by atoms with Gasteiger partial charge in [-0.15, -0.1) is 0 Å². The molecule has 0 bridgehead atoms. The Hall–Kier alpha value is -2.56. The molecule has 0 atom stereocenters. The number of carbonyl (C=O) groups is 1. The highest BCUT2D eigenvalue weighted by Crippen LogP contribution is 2.40. The van der Waals surface area contributed by atoms with E-state index in [-0.39, 0.29) is 11.6 Å². The van der Waals surface area contributed by atoms with E-state index in [1.165, 1.54) is 0 Å². The highest BCUT2D eigenvalue weighted by Gasteiger charge is 2.24. The fourth-order valence-electron chi connectivity index (χ4n) is 2.34. The average Bonchev–Trinajstić information content (AvgIpc) is 2.50. The molecular weight excluding hydrogens is 273 g/mol. The Bertz CT molecular complexity index is 686. The second-order valence-electron chi connectivity index (χ2n) is 4.88. The number of hydrogen-bond donors (Lipinski definition) is 2. The summed E-state index contributed by atoms with van der Waals surface area (Å²) in [6.45, 7) is 0.297. The van der Waals surface area contributed by atoms with Gasteiger partial charge in [0.25, 0.3) is 0 Å². The van der Waals surface area contributed by atoms with Crippen LogP contribution >= 0.6 is 0 Å². The molecular formula is C16H14FNO3. The Labute approximate surface area is 121 Å². The van der Waals surface area contributed by atoms with E-state index < -0.39 is 11.6 Å². The van der Waals surface area contributed by atoms with E-state index in [1.807, 2.05) is 30.3 Å². The van der Waals surface area contributed by atoms with E-state index >= 15 is 0 Å². The number of nitrogens with one attached hydrogen (secondary N) is 1. The molecule has 2 aromatic rings. The van der Waals surface area contributed by atoms with Gasteiger partial charge in [0.15, 0.2) is 11.6 Å². The van der Waals surface area contributed by atoms with Crippen LogP contribution in [0.3, 0.4) is 0 Å². The van der Waals surface area contributed by atoms with E-state index in [4.69, 9.17) is 4.74 Å². The van der Waals surface area contributed by atoms with Crippen molar-refractivity contribution >= 4 is 11.6 Å². The maximum Gasteiger partial charge on any atom is 0.224 e. The number of hydrogen-bond acceptors (Lipinski definition) is 3. The number of amides is 1. The maximum atomic E-state index is 13.7. The molecule has 1 aliphatic rings. The Morgan fingerprint density at radius 3 is 2.76 bits per heavy atom. The zero-order chi connectivity index (χ0) is 14.8. The van der Waals surface area contributed by atoms with E-state index in [1.54, 1.807) is 0 Å². The summed E-state index contributed by atoms with van der Waals surface area (Å²) in [4.78, 5) is 11.4. The molecule has 108 valence electrons. The molecule has 4 nitrogen and oxygen atoms in total. The van der Waals surface area contributed by atoms with E-state index in [2.05, 4.69) is 5.32 Å². The normalized spacial score (nSPS) is 13.5. The summed E-state index contributed by atoms with van der Waals surface area (Å²) < 4.78 is 19.4. The first-order valence-electron chi connectivity index (χ1n) is 6.66. The molecule has 0 saturated heterocycles. The Morgan fingerprint density at radius 1 is 1.24 bits per heavy atom. The summed E-state index contributed by atoms with van der Waals surface area (Å²) in [5.74, 6) is -1.23. The van der Waals surface area contributed by atoms with Crippen molar-refractivity contribution < 1.29 is 19.0 Å². The van der Waals surface area contributed by atoms with E-state index in [9.17, 15) is 14.3 Å². The standard InChI is InChI=1S/C16H14FNO3/c17-12-8-13(21-9-10-4-2-1-3-5-10)11-6-7-14(19)18-15(11)16(12)20/h1-5,8,20H,6-7,9H2,(H,18,19). The number of ether oxygens (including phenoxy) is 1. The topological polar surface area (TPSA) is 58.6 Å². The van der Waals surface area contributed by atoms with Crippen molar-refractivity contribution in [2.24, 2.45) is 0 Å². The molecule has 5 heteroatoms. The fraction of sp³-hybridized carbons (Fsp3) is 0.188. The van der Waals surface area contributed by atoms with Gasteiger partial charge in [-0.1, -0.05) is 30.3 Å². The molecule has 1 aliphatic heterocycles. The van der Waals surface area contributed by atoms with Crippen molar-refractivity contribution in [3.63, 3.8) is 0 Å². The first-order valence-corrected chi connectivity index (χ1v) is 6.66. The van der Waals surface area contributed by atoms with Crippen molar-refractivity contribution in [2.75, 3.05) is 5.32 Å². The van der Waals surface area contributed by atoms with Gasteiger partial charge < -0.3 is 15.2 Å². The third-order valence-electron chi connectivity index (χ3n) is 3.42. The number of phenols is 1. The number of carbonyl (C=O) groups excluding carboxylic acids is 1. The lowest BCUT2D eigenvalue weighted by Gasteiger charge is -2.21. The van der Waals surface area contributed by atoms with Crippen molar-refractivity contribution in [3.8, 4) is 11.5 Å². The smallest absolute Gasteiger partial charge is 0.224 e. The molecule has 0 spiro atoms. The SMILES string of the molecule is O=C1CCc2c(OCc3ccccc3)cc(F)c(O)c2N1. The van der Waals surface area contributed by atoms with Crippen LogP contribution in [0, 0.1) is 5.82 Å². The highest BCUT2D eigenvalue weighted by atomic mass is 19.1. The minimum absolute atomic E-state index is 0.120.